The van der Waals surface area contributed by atoms with Crippen molar-refractivity contribution in [1.82, 2.24) is 10.2 Å². The van der Waals surface area contributed by atoms with Crippen LogP contribution in [0.4, 0.5) is 0 Å². The van der Waals surface area contributed by atoms with Gasteiger partial charge in [-0.25, -0.2) is 0 Å². The van der Waals surface area contributed by atoms with Crippen LogP contribution in [0.25, 0.3) is 11.1 Å². The van der Waals surface area contributed by atoms with Gasteiger partial charge >= 0.3 is 0 Å². The van der Waals surface area contributed by atoms with Gasteiger partial charge in [-0.3, -0.25) is 9.69 Å². The second kappa shape index (κ2) is 7.89. The SMILES string of the molecule is CCN(C)C(C)(C)CNC(=O)c1ccc(-c2cc(Cl)ccc2O)cc1. The average Bonchev–Trinajstić information content (AvgIpc) is 2.61. The van der Waals surface area contributed by atoms with Crippen LogP contribution in [0.1, 0.15) is 31.1 Å². The molecule has 0 bridgehead atoms. The van der Waals surface area contributed by atoms with E-state index in [0.717, 1.165) is 12.1 Å². The van der Waals surface area contributed by atoms with Gasteiger partial charge in [0, 0.05) is 28.2 Å². The van der Waals surface area contributed by atoms with Crippen molar-refractivity contribution in [3.05, 3.63) is 53.1 Å². The molecule has 4 nitrogen and oxygen atoms in total. The summed E-state index contributed by atoms with van der Waals surface area (Å²) in [5.41, 5.74) is 1.92. The smallest absolute Gasteiger partial charge is 0.251 e. The van der Waals surface area contributed by atoms with Crippen molar-refractivity contribution in [3.63, 3.8) is 0 Å². The van der Waals surface area contributed by atoms with Gasteiger partial charge in [-0.2, -0.15) is 0 Å². The lowest BCUT2D eigenvalue weighted by atomic mass is 10.0. The van der Waals surface area contributed by atoms with Crippen LogP contribution < -0.4 is 5.32 Å². The van der Waals surface area contributed by atoms with Gasteiger partial charge in [0.05, 0.1) is 0 Å². The molecule has 2 N–H and O–H groups in total. The Balaban J connectivity index is 2.09. The number of phenols is 1. The van der Waals surface area contributed by atoms with Gasteiger partial charge in [0.25, 0.3) is 5.91 Å². The van der Waals surface area contributed by atoms with Crippen molar-refractivity contribution in [3.8, 4) is 16.9 Å². The van der Waals surface area contributed by atoms with E-state index in [1.807, 2.05) is 19.2 Å². The Bertz CT molecular complexity index is 742. The van der Waals surface area contributed by atoms with Gasteiger partial charge in [0.1, 0.15) is 5.75 Å². The fourth-order valence-corrected chi connectivity index (χ4v) is 2.67. The normalized spacial score (nSPS) is 11.6. The third-order valence-corrected chi connectivity index (χ3v) is 4.84. The molecule has 0 aliphatic rings. The number of nitrogens with one attached hydrogen (secondary N) is 1. The van der Waals surface area contributed by atoms with E-state index < -0.39 is 0 Å². The monoisotopic (exact) mass is 360 g/mol. The van der Waals surface area contributed by atoms with Crippen LogP contribution in [0.15, 0.2) is 42.5 Å². The predicted molar refractivity (Wildman–Crippen MR) is 103 cm³/mol. The second-order valence-corrected chi connectivity index (χ2v) is 7.18. The highest BCUT2D eigenvalue weighted by atomic mass is 35.5. The van der Waals surface area contributed by atoms with Crippen molar-refractivity contribution in [1.29, 1.82) is 0 Å². The lowest BCUT2D eigenvalue weighted by Gasteiger charge is -2.34. The molecule has 25 heavy (non-hydrogen) atoms. The van der Waals surface area contributed by atoms with E-state index in [-0.39, 0.29) is 17.2 Å². The number of hydrogen-bond donors (Lipinski definition) is 2. The third kappa shape index (κ3) is 4.74. The van der Waals surface area contributed by atoms with Crippen molar-refractivity contribution in [2.45, 2.75) is 26.3 Å². The zero-order valence-corrected chi connectivity index (χ0v) is 15.9. The molecule has 5 heteroatoms. The van der Waals surface area contributed by atoms with Crippen molar-refractivity contribution >= 4 is 17.5 Å². The first-order chi connectivity index (χ1) is 11.7. The zero-order valence-electron chi connectivity index (χ0n) is 15.1. The summed E-state index contributed by atoms with van der Waals surface area (Å²) in [6, 6.07) is 12.0. The fourth-order valence-electron chi connectivity index (χ4n) is 2.50. The van der Waals surface area contributed by atoms with Crippen molar-refractivity contribution in [2.24, 2.45) is 0 Å². The molecule has 0 unspecified atom stereocenters. The summed E-state index contributed by atoms with van der Waals surface area (Å²) in [7, 11) is 2.04. The maximum absolute atomic E-state index is 12.4. The Morgan fingerprint density at radius 1 is 1.20 bits per heavy atom. The highest BCUT2D eigenvalue weighted by molar-refractivity contribution is 6.31. The molecule has 2 aromatic carbocycles. The molecule has 0 aliphatic heterocycles. The largest absolute Gasteiger partial charge is 0.507 e. The highest BCUT2D eigenvalue weighted by Gasteiger charge is 2.23. The van der Waals surface area contributed by atoms with E-state index >= 15 is 0 Å². The Morgan fingerprint density at radius 2 is 1.84 bits per heavy atom. The van der Waals surface area contributed by atoms with E-state index in [4.69, 9.17) is 11.6 Å². The van der Waals surface area contributed by atoms with E-state index in [2.05, 4.69) is 31.0 Å². The van der Waals surface area contributed by atoms with Gasteiger partial charge in [-0.05, 0) is 63.3 Å². The minimum absolute atomic E-state index is 0.112. The number of phenolic OH excluding ortho intramolecular Hbond substituents is 1. The predicted octanol–water partition coefficient (Wildman–Crippen LogP) is 4.17. The molecule has 0 atom stereocenters. The summed E-state index contributed by atoms with van der Waals surface area (Å²) in [6.07, 6.45) is 0. The molecule has 0 aliphatic carbocycles. The zero-order chi connectivity index (χ0) is 18.6. The van der Waals surface area contributed by atoms with Crippen LogP contribution in [0.3, 0.4) is 0 Å². The van der Waals surface area contributed by atoms with Gasteiger partial charge in [0.15, 0.2) is 0 Å². The molecule has 0 saturated heterocycles. The summed E-state index contributed by atoms with van der Waals surface area (Å²) in [5.74, 6) is 0.0467. The van der Waals surface area contributed by atoms with E-state index in [9.17, 15) is 9.90 Å². The van der Waals surface area contributed by atoms with Crippen LogP contribution in [-0.2, 0) is 0 Å². The molecule has 0 aromatic heterocycles. The topological polar surface area (TPSA) is 52.6 Å². The van der Waals surface area contributed by atoms with Crippen LogP contribution >= 0.6 is 11.6 Å². The molecule has 2 rings (SSSR count). The van der Waals surface area contributed by atoms with Gasteiger partial charge in [-0.1, -0.05) is 30.7 Å². The number of carbonyl (C=O) groups excluding carboxylic acids is 1. The van der Waals surface area contributed by atoms with Crippen LogP contribution in [0, 0.1) is 0 Å². The molecule has 2 aromatic rings. The maximum atomic E-state index is 12.4. The number of halogens is 1. The quantitative estimate of drug-likeness (QED) is 0.812. The molecule has 134 valence electrons. The maximum Gasteiger partial charge on any atom is 0.251 e. The second-order valence-electron chi connectivity index (χ2n) is 6.75. The summed E-state index contributed by atoms with van der Waals surface area (Å²) < 4.78 is 0. The number of likely N-dealkylation sites (N-methyl/N-ethyl adjacent to an activating group) is 1. The Hall–Kier alpha value is -2.04. The van der Waals surface area contributed by atoms with Crippen LogP contribution in [-0.4, -0.2) is 41.6 Å². The lowest BCUT2D eigenvalue weighted by molar-refractivity contribution is 0.0908. The molecule has 1 amide bonds. The van der Waals surface area contributed by atoms with Crippen molar-refractivity contribution in [2.75, 3.05) is 20.1 Å². The summed E-state index contributed by atoms with van der Waals surface area (Å²) in [5, 5.41) is 13.5. The minimum atomic E-state index is -0.114. The van der Waals surface area contributed by atoms with Crippen molar-refractivity contribution < 1.29 is 9.90 Å². The van der Waals surface area contributed by atoms with E-state index in [1.54, 1.807) is 30.3 Å². The number of rotatable bonds is 6. The van der Waals surface area contributed by atoms with Gasteiger partial charge in [-0.15, -0.1) is 0 Å². The van der Waals surface area contributed by atoms with Crippen LogP contribution in [0.5, 0.6) is 5.75 Å². The number of aromatic hydroxyl groups is 1. The first-order valence-corrected chi connectivity index (χ1v) is 8.71. The fraction of sp³-hybridized carbons (Fsp3) is 0.350. The third-order valence-electron chi connectivity index (χ3n) is 4.61. The summed E-state index contributed by atoms with van der Waals surface area (Å²) in [4.78, 5) is 14.6. The lowest BCUT2D eigenvalue weighted by Crippen LogP contribution is -2.49. The average molecular weight is 361 g/mol. The van der Waals surface area contributed by atoms with E-state index in [0.29, 0.717) is 22.7 Å². The van der Waals surface area contributed by atoms with Gasteiger partial charge in [0.2, 0.25) is 0 Å². The molecule has 0 spiro atoms. The Kier molecular flexibility index (Phi) is 6.09. The number of hydrogen-bond acceptors (Lipinski definition) is 3. The number of amides is 1. The van der Waals surface area contributed by atoms with Gasteiger partial charge < -0.3 is 10.4 Å². The Morgan fingerprint density at radius 3 is 2.44 bits per heavy atom. The number of carbonyl (C=O) groups is 1. The van der Waals surface area contributed by atoms with E-state index in [1.165, 1.54) is 0 Å². The Labute approximate surface area is 154 Å². The molecular weight excluding hydrogens is 336 g/mol. The summed E-state index contributed by atoms with van der Waals surface area (Å²) in [6.45, 7) is 7.77. The standard InChI is InChI=1S/C20H25ClN2O2/c1-5-23(4)20(2,3)13-22-19(25)15-8-6-14(7-9-15)17-12-16(21)10-11-18(17)24/h6-12,24H,5,13H2,1-4H3,(H,22,25). The first kappa shape index (κ1) is 19.3. The number of benzene rings is 2. The highest BCUT2D eigenvalue weighted by Crippen LogP contribution is 2.31. The number of nitrogens with zero attached hydrogens (tertiary/aromatic N) is 1. The molecular formula is C20H25ClN2O2. The molecule has 0 fully saturated rings. The molecule has 0 heterocycles. The molecule has 0 radical (unpaired) electrons. The minimum Gasteiger partial charge on any atom is -0.507 e. The first-order valence-electron chi connectivity index (χ1n) is 8.33. The summed E-state index contributed by atoms with van der Waals surface area (Å²) >= 11 is 5.99. The van der Waals surface area contributed by atoms with Crippen LogP contribution in [0.2, 0.25) is 5.02 Å². The molecule has 0 saturated carbocycles.